The van der Waals surface area contributed by atoms with Crippen LogP contribution in [0.1, 0.15) is 25.7 Å². The summed E-state index contributed by atoms with van der Waals surface area (Å²) in [7, 11) is 0. The number of ether oxygens (including phenoxy) is 3. The second-order valence-corrected chi connectivity index (χ2v) is 5.07. The van der Waals surface area contributed by atoms with Gasteiger partial charge in [0.25, 0.3) is 0 Å². The maximum Gasteiger partial charge on any atom is 0.526 e. The van der Waals surface area contributed by atoms with Gasteiger partial charge in [-0.2, -0.15) is 40.0 Å². The van der Waals surface area contributed by atoms with Gasteiger partial charge in [-0.1, -0.05) is 0 Å². The van der Waals surface area contributed by atoms with E-state index in [0.717, 1.165) is 0 Å². The van der Waals surface area contributed by atoms with E-state index in [1.165, 1.54) is 0 Å². The number of hydrogen-bond donors (Lipinski definition) is 0. The second kappa shape index (κ2) is 11.4. The maximum absolute atomic E-state index is 12.6. The lowest BCUT2D eigenvalue weighted by Gasteiger charge is -2.37. The standard InChI is InChI=1S/C12H14F12O5/c13-6-25-7(2-4-10(19,20)21)11(27-8(14)15,28-12(22,23)24)29-26-5-1-3-9(16,17)18/h7-8H,1-6H2. The van der Waals surface area contributed by atoms with Crippen LogP contribution in [-0.2, 0) is 24.0 Å². The Morgan fingerprint density at radius 3 is 1.76 bits per heavy atom. The predicted octanol–water partition coefficient (Wildman–Crippen LogP) is 5.36. The van der Waals surface area contributed by atoms with E-state index < -0.39 is 76.6 Å². The Hall–Kier alpha value is -1.04. The van der Waals surface area contributed by atoms with Crippen LogP contribution in [0.2, 0.25) is 0 Å². The molecule has 0 N–H and O–H groups in total. The molecule has 0 saturated heterocycles. The van der Waals surface area contributed by atoms with Crippen LogP contribution in [0, 0.1) is 0 Å². The van der Waals surface area contributed by atoms with Crippen LogP contribution >= 0.6 is 0 Å². The summed E-state index contributed by atoms with van der Waals surface area (Å²) < 4.78 is 159. The molecular weight excluding hydrogens is 452 g/mol. The maximum atomic E-state index is 12.6. The van der Waals surface area contributed by atoms with Gasteiger partial charge >= 0.3 is 31.3 Å². The fourth-order valence-electron chi connectivity index (χ4n) is 1.73. The average molecular weight is 466 g/mol. The Labute approximate surface area is 154 Å². The van der Waals surface area contributed by atoms with E-state index in [9.17, 15) is 52.7 Å². The summed E-state index contributed by atoms with van der Waals surface area (Å²) in [4.78, 5) is 7.77. The summed E-state index contributed by atoms with van der Waals surface area (Å²) in [6, 6.07) is 0. The molecule has 5 nitrogen and oxygen atoms in total. The first-order valence-corrected chi connectivity index (χ1v) is 7.34. The van der Waals surface area contributed by atoms with E-state index in [4.69, 9.17) is 0 Å². The molecule has 17 heteroatoms. The van der Waals surface area contributed by atoms with Crippen LogP contribution in [0.4, 0.5) is 52.7 Å². The van der Waals surface area contributed by atoms with Crippen molar-refractivity contribution in [3.63, 3.8) is 0 Å². The monoisotopic (exact) mass is 466 g/mol. The third kappa shape index (κ3) is 13.7. The van der Waals surface area contributed by atoms with E-state index in [0.29, 0.717) is 0 Å². The topological polar surface area (TPSA) is 46.2 Å². The highest BCUT2D eigenvalue weighted by molar-refractivity contribution is 4.74. The minimum absolute atomic E-state index is 0.947. The van der Waals surface area contributed by atoms with Crippen LogP contribution in [0.15, 0.2) is 0 Å². The summed E-state index contributed by atoms with van der Waals surface area (Å²) >= 11 is 0. The predicted molar refractivity (Wildman–Crippen MR) is 65.4 cm³/mol. The second-order valence-electron chi connectivity index (χ2n) is 5.07. The van der Waals surface area contributed by atoms with Crippen LogP contribution in [0.3, 0.4) is 0 Å². The first-order valence-electron chi connectivity index (χ1n) is 7.34. The van der Waals surface area contributed by atoms with Crippen molar-refractivity contribution in [1.82, 2.24) is 0 Å². The molecule has 0 aliphatic rings. The van der Waals surface area contributed by atoms with E-state index >= 15 is 0 Å². The fraction of sp³-hybridized carbons (Fsp3) is 1.00. The van der Waals surface area contributed by atoms with Crippen molar-refractivity contribution < 1.29 is 76.7 Å². The molecule has 29 heavy (non-hydrogen) atoms. The summed E-state index contributed by atoms with van der Waals surface area (Å²) in [6.07, 6.45) is -24.7. The first kappa shape index (κ1) is 28.0. The normalized spacial score (nSPS) is 16.9. The van der Waals surface area contributed by atoms with Crippen molar-refractivity contribution in [2.45, 2.75) is 63.1 Å². The largest absolute Gasteiger partial charge is 0.526 e. The third-order valence-electron chi connectivity index (χ3n) is 2.72. The summed E-state index contributed by atoms with van der Waals surface area (Å²) in [6.45, 7) is -7.46. The summed E-state index contributed by atoms with van der Waals surface area (Å²) in [5.41, 5.74) is 0. The Morgan fingerprint density at radius 1 is 0.793 bits per heavy atom. The molecule has 0 aromatic rings. The zero-order chi connectivity index (χ0) is 22.9. The molecule has 0 heterocycles. The molecule has 2 unspecified atom stereocenters. The van der Waals surface area contributed by atoms with Gasteiger partial charge in [-0.25, -0.2) is 14.0 Å². The average Bonchev–Trinajstić information content (AvgIpc) is 2.46. The van der Waals surface area contributed by atoms with Crippen molar-refractivity contribution in [2.24, 2.45) is 0 Å². The first-order chi connectivity index (χ1) is 13.0. The summed E-state index contributed by atoms with van der Waals surface area (Å²) in [5, 5.41) is 0. The minimum Gasteiger partial charge on any atom is -0.339 e. The molecule has 2 atom stereocenters. The number of rotatable bonds is 13. The summed E-state index contributed by atoms with van der Waals surface area (Å²) in [5.74, 6) is -4.32. The van der Waals surface area contributed by atoms with Gasteiger partial charge in [0.1, 0.15) is 6.10 Å². The lowest BCUT2D eigenvalue weighted by Crippen LogP contribution is -2.55. The van der Waals surface area contributed by atoms with Crippen molar-refractivity contribution in [1.29, 1.82) is 0 Å². The third-order valence-corrected chi connectivity index (χ3v) is 2.72. The van der Waals surface area contributed by atoms with Gasteiger partial charge in [0.2, 0.25) is 0 Å². The van der Waals surface area contributed by atoms with Crippen LogP contribution < -0.4 is 0 Å². The van der Waals surface area contributed by atoms with Gasteiger partial charge in [-0.15, -0.1) is 13.2 Å². The van der Waals surface area contributed by atoms with Gasteiger partial charge in [-0.3, -0.25) is 4.74 Å². The Balaban J connectivity index is 5.55. The molecule has 176 valence electrons. The highest BCUT2D eigenvalue weighted by Gasteiger charge is 2.56. The van der Waals surface area contributed by atoms with Gasteiger partial charge < -0.3 is 4.74 Å². The smallest absolute Gasteiger partial charge is 0.339 e. The molecule has 0 bridgehead atoms. The molecule has 0 aliphatic heterocycles. The molecule has 0 amide bonds. The lowest BCUT2D eigenvalue weighted by atomic mass is 10.1. The van der Waals surface area contributed by atoms with Crippen molar-refractivity contribution in [3.05, 3.63) is 0 Å². The van der Waals surface area contributed by atoms with Gasteiger partial charge in [0, 0.05) is 12.8 Å². The van der Waals surface area contributed by atoms with E-state index in [1.807, 2.05) is 0 Å². The molecule has 0 spiro atoms. The number of alkyl halides is 12. The molecule has 0 radical (unpaired) electrons. The van der Waals surface area contributed by atoms with Crippen molar-refractivity contribution in [3.8, 4) is 0 Å². The zero-order valence-electron chi connectivity index (χ0n) is 14.0. The minimum atomic E-state index is -5.92. The van der Waals surface area contributed by atoms with Crippen molar-refractivity contribution >= 4 is 0 Å². The fourth-order valence-corrected chi connectivity index (χ4v) is 1.73. The quantitative estimate of drug-likeness (QED) is 0.120. The number of hydrogen-bond acceptors (Lipinski definition) is 5. The zero-order valence-corrected chi connectivity index (χ0v) is 14.0. The van der Waals surface area contributed by atoms with Crippen LogP contribution in [0.25, 0.3) is 0 Å². The Kier molecular flexibility index (Phi) is 11.0. The highest BCUT2D eigenvalue weighted by Crippen LogP contribution is 2.37. The van der Waals surface area contributed by atoms with Gasteiger partial charge in [0.05, 0.1) is 6.61 Å². The molecule has 0 aliphatic carbocycles. The SMILES string of the molecule is FCOC(CCC(F)(F)F)C(OOCCCC(F)(F)F)(OC(F)F)OC(F)(F)F. The van der Waals surface area contributed by atoms with E-state index in [2.05, 4.69) is 24.0 Å². The highest BCUT2D eigenvalue weighted by atomic mass is 19.4. The van der Waals surface area contributed by atoms with Gasteiger partial charge in [0.15, 0.2) is 6.86 Å². The Morgan fingerprint density at radius 2 is 1.34 bits per heavy atom. The van der Waals surface area contributed by atoms with Gasteiger partial charge in [-0.05, 0) is 12.8 Å². The molecule has 0 aromatic heterocycles. The van der Waals surface area contributed by atoms with E-state index in [1.54, 1.807) is 0 Å². The molecule has 0 rings (SSSR count). The van der Waals surface area contributed by atoms with Crippen LogP contribution in [0.5, 0.6) is 0 Å². The lowest BCUT2D eigenvalue weighted by molar-refractivity contribution is -0.590. The number of halogens is 12. The molecule has 0 fully saturated rings. The molecular formula is C12H14F12O5. The van der Waals surface area contributed by atoms with E-state index in [-0.39, 0.29) is 0 Å². The molecule has 0 saturated carbocycles. The van der Waals surface area contributed by atoms with Crippen LogP contribution in [-0.4, -0.2) is 50.9 Å². The Bertz CT molecular complexity index is 452. The molecule has 0 aromatic carbocycles. The van der Waals surface area contributed by atoms with Crippen molar-refractivity contribution in [2.75, 3.05) is 13.5 Å².